The van der Waals surface area contributed by atoms with Crippen LogP contribution in [0, 0.1) is 5.92 Å². The zero-order valence-electron chi connectivity index (χ0n) is 13.5. The minimum atomic E-state index is -0.430. The average molecular weight is 320 g/mol. The van der Waals surface area contributed by atoms with Crippen molar-refractivity contribution in [3.63, 3.8) is 0 Å². The van der Waals surface area contributed by atoms with Gasteiger partial charge in [-0.1, -0.05) is 0 Å². The molecular formula is C17H24N2O4. The summed E-state index contributed by atoms with van der Waals surface area (Å²) in [4.78, 5) is 23.0. The van der Waals surface area contributed by atoms with Gasteiger partial charge < -0.3 is 20.1 Å². The second-order valence-corrected chi connectivity index (χ2v) is 5.67. The first-order valence-electron chi connectivity index (χ1n) is 7.97. The Labute approximate surface area is 136 Å². The Morgan fingerprint density at radius 3 is 2.57 bits per heavy atom. The maximum Gasteiger partial charge on any atom is 0.343 e. The first-order chi connectivity index (χ1) is 11.2. The van der Waals surface area contributed by atoms with Gasteiger partial charge in [-0.25, -0.2) is 4.79 Å². The number of methoxy groups -OCH3 is 1. The van der Waals surface area contributed by atoms with Gasteiger partial charge in [0, 0.05) is 12.1 Å². The molecule has 0 aromatic heterocycles. The molecule has 1 heterocycles. The lowest BCUT2D eigenvalue weighted by atomic mass is 9.93. The highest BCUT2D eigenvalue weighted by atomic mass is 16.6. The van der Waals surface area contributed by atoms with E-state index >= 15 is 0 Å². The number of carbonyl (C=O) groups is 2. The summed E-state index contributed by atoms with van der Waals surface area (Å²) in [5.74, 6) is 0.811. The Morgan fingerprint density at radius 1 is 1.22 bits per heavy atom. The lowest BCUT2D eigenvalue weighted by Gasteiger charge is -2.22. The Bertz CT molecular complexity index is 510. The number of esters is 1. The van der Waals surface area contributed by atoms with Gasteiger partial charge in [-0.3, -0.25) is 4.79 Å². The van der Waals surface area contributed by atoms with Crippen molar-refractivity contribution in [2.45, 2.75) is 25.7 Å². The zero-order valence-corrected chi connectivity index (χ0v) is 13.5. The summed E-state index contributed by atoms with van der Waals surface area (Å²) in [5.41, 5.74) is 0.728. The predicted molar refractivity (Wildman–Crippen MR) is 87.4 cm³/mol. The van der Waals surface area contributed by atoms with Crippen LogP contribution in [0.15, 0.2) is 24.3 Å². The third-order valence-electron chi connectivity index (χ3n) is 3.96. The van der Waals surface area contributed by atoms with E-state index in [1.807, 2.05) is 0 Å². The van der Waals surface area contributed by atoms with Crippen LogP contribution in [0.4, 0.5) is 5.69 Å². The molecule has 2 N–H and O–H groups in total. The first-order valence-corrected chi connectivity index (χ1v) is 7.97. The van der Waals surface area contributed by atoms with Crippen LogP contribution in [-0.2, 0) is 14.3 Å². The molecule has 6 nitrogen and oxygen atoms in total. The summed E-state index contributed by atoms with van der Waals surface area (Å²) in [6.45, 7) is 1.98. The molecule has 6 heteroatoms. The molecule has 1 aromatic rings. The summed E-state index contributed by atoms with van der Waals surface area (Å²) in [6.07, 6.45) is 3.79. The highest BCUT2D eigenvalue weighted by molar-refractivity contribution is 5.90. The van der Waals surface area contributed by atoms with Crippen molar-refractivity contribution in [3.05, 3.63) is 24.3 Å². The third kappa shape index (κ3) is 6.28. The summed E-state index contributed by atoms with van der Waals surface area (Å²) >= 11 is 0. The van der Waals surface area contributed by atoms with E-state index in [0.717, 1.165) is 38.0 Å². The van der Waals surface area contributed by atoms with Gasteiger partial charge >= 0.3 is 5.97 Å². The van der Waals surface area contributed by atoms with E-state index in [0.29, 0.717) is 18.1 Å². The fourth-order valence-electron chi connectivity index (χ4n) is 2.56. The van der Waals surface area contributed by atoms with Crippen LogP contribution in [0.3, 0.4) is 0 Å². The highest BCUT2D eigenvalue weighted by Gasteiger charge is 2.14. The molecule has 0 spiro atoms. The van der Waals surface area contributed by atoms with E-state index in [2.05, 4.69) is 15.4 Å². The smallest absolute Gasteiger partial charge is 0.343 e. The van der Waals surface area contributed by atoms with Crippen LogP contribution in [0.2, 0.25) is 0 Å². The molecule has 0 radical (unpaired) electrons. The summed E-state index contributed by atoms with van der Waals surface area (Å²) < 4.78 is 9.75. The average Bonchev–Trinajstić information content (AvgIpc) is 2.60. The number of anilines is 1. The number of nitrogens with one attached hydrogen (secondary N) is 2. The van der Waals surface area contributed by atoms with Crippen molar-refractivity contribution < 1.29 is 19.1 Å². The van der Waals surface area contributed by atoms with Crippen LogP contribution in [0.5, 0.6) is 5.75 Å². The highest BCUT2D eigenvalue weighted by Crippen LogP contribution is 2.19. The summed E-state index contributed by atoms with van der Waals surface area (Å²) in [6, 6.07) is 6.95. The molecule has 1 aliphatic heterocycles. The van der Waals surface area contributed by atoms with E-state index in [-0.39, 0.29) is 12.5 Å². The quantitative estimate of drug-likeness (QED) is 0.751. The van der Waals surface area contributed by atoms with Crippen molar-refractivity contribution in [2.75, 3.05) is 32.1 Å². The molecule has 2 rings (SSSR count). The molecule has 1 aromatic carbocycles. The number of hydrogen-bond acceptors (Lipinski definition) is 5. The molecule has 0 aliphatic carbocycles. The molecule has 0 saturated carbocycles. The van der Waals surface area contributed by atoms with Crippen molar-refractivity contribution in [3.8, 4) is 5.75 Å². The number of carbonyl (C=O) groups excluding carboxylic acids is 2. The van der Waals surface area contributed by atoms with Gasteiger partial charge in [-0.15, -0.1) is 0 Å². The lowest BCUT2D eigenvalue weighted by Crippen LogP contribution is -2.28. The summed E-state index contributed by atoms with van der Waals surface area (Å²) in [7, 11) is 1.31. The van der Waals surface area contributed by atoms with E-state index in [9.17, 15) is 9.59 Å². The fraction of sp³-hybridized carbons (Fsp3) is 0.529. The Kier molecular flexibility index (Phi) is 6.87. The molecule has 0 atom stereocenters. The molecule has 126 valence electrons. The molecule has 1 aliphatic rings. The van der Waals surface area contributed by atoms with Gasteiger partial charge in [0.05, 0.1) is 7.11 Å². The van der Waals surface area contributed by atoms with E-state index in [4.69, 9.17) is 4.74 Å². The van der Waals surface area contributed by atoms with Crippen LogP contribution < -0.4 is 15.4 Å². The van der Waals surface area contributed by atoms with Gasteiger partial charge in [0.15, 0.2) is 6.61 Å². The van der Waals surface area contributed by atoms with Crippen molar-refractivity contribution in [1.82, 2.24) is 5.32 Å². The predicted octanol–water partition coefficient (Wildman–Crippen LogP) is 1.96. The second-order valence-electron chi connectivity index (χ2n) is 5.67. The first kappa shape index (κ1) is 17.3. The summed E-state index contributed by atoms with van der Waals surface area (Å²) in [5, 5.41) is 6.21. The van der Waals surface area contributed by atoms with Crippen LogP contribution >= 0.6 is 0 Å². The number of hydrogen-bond donors (Lipinski definition) is 2. The zero-order chi connectivity index (χ0) is 16.5. The normalized spacial score (nSPS) is 15.0. The Hall–Kier alpha value is -2.08. The molecule has 0 unspecified atom stereocenters. The minimum Gasteiger partial charge on any atom is -0.482 e. The Morgan fingerprint density at radius 2 is 1.91 bits per heavy atom. The Balaban J connectivity index is 1.71. The number of benzene rings is 1. The largest absolute Gasteiger partial charge is 0.482 e. The molecule has 1 amide bonds. The van der Waals surface area contributed by atoms with E-state index < -0.39 is 5.97 Å². The van der Waals surface area contributed by atoms with Gasteiger partial charge in [-0.2, -0.15) is 0 Å². The third-order valence-corrected chi connectivity index (χ3v) is 3.96. The molecule has 1 fully saturated rings. The van der Waals surface area contributed by atoms with Crippen LogP contribution in [0.25, 0.3) is 0 Å². The molecular weight excluding hydrogens is 296 g/mol. The van der Waals surface area contributed by atoms with Crippen molar-refractivity contribution in [2.24, 2.45) is 5.92 Å². The fourth-order valence-corrected chi connectivity index (χ4v) is 2.56. The SMILES string of the molecule is COC(=O)COc1ccc(NC(=O)CCC2CCNCC2)cc1. The van der Waals surface area contributed by atoms with E-state index in [1.54, 1.807) is 24.3 Å². The second kappa shape index (κ2) is 9.15. The van der Waals surface area contributed by atoms with E-state index in [1.165, 1.54) is 7.11 Å². The van der Waals surface area contributed by atoms with Gasteiger partial charge in [0.25, 0.3) is 0 Å². The van der Waals surface area contributed by atoms with Crippen LogP contribution in [-0.4, -0.2) is 38.7 Å². The maximum atomic E-state index is 12.0. The topological polar surface area (TPSA) is 76.7 Å². The molecule has 1 saturated heterocycles. The number of ether oxygens (including phenoxy) is 2. The minimum absolute atomic E-state index is 0.0340. The van der Waals surface area contributed by atoms with Crippen LogP contribution in [0.1, 0.15) is 25.7 Å². The molecule has 23 heavy (non-hydrogen) atoms. The van der Waals surface area contributed by atoms with Gasteiger partial charge in [0.1, 0.15) is 5.75 Å². The standard InChI is InChI=1S/C17H24N2O4/c1-22-17(21)12-23-15-5-3-14(4-6-15)19-16(20)7-2-13-8-10-18-11-9-13/h3-6,13,18H,2,7-12H2,1H3,(H,19,20). The van der Waals surface area contributed by atoms with Crippen molar-refractivity contribution >= 4 is 17.6 Å². The number of piperidine rings is 1. The monoisotopic (exact) mass is 320 g/mol. The number of amides is 1. The maximum absolute atomic E-state index is 12.0. The lowest BCUT2D eigenvalue weighted by molar-refractivity contribution is -0.142. The molecule has 0 bridgehead atoms. The van der Waals surface area contributed by atoms with Gasteiger partial charge in [0.2, 0.25) is 5.91 Å². The number of rotatable bonds is 7. The van der Waals surface area contributed by atoms with Gasteiger partial charge in [-0.05, 0) is 62.5 Å². The van der Waals surface area contributed by atoms with Crippen molar-refractivity contribution in [1.29, 1.82) is 0 Å².